The quantitative estimate of drug-likeness (QED) is 0.256. The Morgan fingerprint density at radius 2 is 1.87 bits per heavy atom. The van der Waals surface area contributed by atoms with Crippen molar-refractivity contribution < 1.29 is 38.0 Å². The van der Waals surface area contributed by atoms with Crippen LogP contribution in [0.4, 0.5) is 4.39 Å². The molecule has 0 aliphatic carbocycles. The van der Waals surface area contributed by atoms with Crippen LogP contribution >= 0.6 is 31.2 Å². The summed E-state index contributed by atoms with van der Waals surface area (Å²) in [5.74, 6) is -1.20. The number of rotatable bonds is 12. The summed E-state index contributed by atoms with van der Waals surface area (Å²) in [6.07, 6.45) is -2.12. The molecule has 0 fully saturated rings. The van der Waals surface area contributed by atoms with E-state index < -0.39 is 26.5 Å². The van der Waals surface area contributed by atoms with Crippen LogP contribution in [0.25, 0.3) is 0 Å². The lowest BCUT2D eigenvalue weighted by Gasteiger charge is -2.14. The zero-order valence-corrected chi connectivity index (χ0v) is 18.0. The summed E-state index contributed by atoms with van der Waals surface area (Å²) < 4.78 is 40.7. The first-order chi connectivity index (χ1) is 14.2. The zero-order valence-electron chi connectivity index (χ0n) is 15.6. The molecule has 0 aliphatic rings. The number of benzene rings is 2. The van der Waals surface area contributed by atoms with E-state index in [1.165, 1.54) is 18.2 Å². The maximum absolute atomic E-state index is 13.0. The van der Waals surface area contributed by atoms with E-state index in [4.69, 9.17) is 42.3 Å². The monoisotopic (exact) mass is 479 g/mol. The van der Waals surface area contributed by atoms with Crippen LogP contribution in [0, 0.1) is 5.82 Å². The third-order valence-corrected chi connectivity index (χ3v) is 5.39. The average molecular weight is 480 g/mol. The van der Waals surface area contributed by atoms with Crippen molar-refractivity contribution in [1.82, 2.24) is 0 Å². The van der Waals surface area contributed by atoms with Crippen molar-refractivity contribution in [1.29, 1.82) is 0 Å². The first kappa shape index (κ1) is 24.5. The molecule has 7 nitrogen and oxygen atoms in total. The smallest absolute Gasteiger partial charge is 0.488 e. The summed E-state index contributed by atoms with van der Waals surface area (Å²) in [7, 11) is -2.30. The molecule has 0 radical (unpaired) electrons. The molecule has 2 unspecified atom stereocenters. The second kappa shape index (κ2) is 12.2. The number of halogens is 3. The molecule has 30 heavy (non-hydrogen) atoms. The van der Waals surface area contributed by atoms with Gasteiger partial charge in [0.05, 0.1) is 18.1 Å². The second-order valence-electron chi connectivity index (χ2n) is 6.14. The van der Waals surface area contributed by atoms with E-state index in [1.54, 1.807) is 18.2 Å². The second-order valence-corrected chi connectivity index (χ2v) is 8.27. The van der Waals surface area contributed by atoms with Gasteiger partial charge in [0.1, 0.15) is 24.3 Å². The maximum Gasteiger partial charge on any atom is 0.513 e. The van der Waals surface area contributed by atoms with E-state index in [0.717, 1.165) is 5.56 Å². The minimum Gasteiger partial charge on any atom is -0.488 e. The molecule has 0 saturated carbocycles. The fourth-order valence-electron chi connectivity index (χ4n) is 2.32. The van der Waals surface area contributed by atoms with Gasteiger partial charge in [-0.25, -0.2) is 4.39 Å². The molecular formula is C19H19Cl2FO7P+. The molecule has 0 aliphatic heterocycles. The van der Waals surface area contributed by atoms with Gasteiger partial charge in [-0.2, -0.15) is 0 Å². The summed E-state index contributed by atoms with van der Waals surface area (Å²) in [6.45, 7) is -0.269. The van der Waals surface area contributed by atoms with Crippen molar-refractivity contribution in [3.8, 4) is 5.75 Å². The first-order valence-corrected chi connectivity index (χ1v) is 10.8. The number of aliphatic hydroxyl groups excluding tert-OH is 1. The van der Waals surface area contributed by atoms with Gasteiger partial charge in [0.2, 0.25) is 13.0 Å². The van der Waals surface area contributed by atoms with Crippen LogP contribution in [-0.2, 0) is 31.8 Å². The van der Waals surface area contributed by atoms with Gasteiger partial charge >= 0.3 is 14.0 Å². The maximum atomic E-state index is 13.0. The largest absolute Gasteiger partial charge is 0.513 e. The molecule has 0 spiro atoms. The number of hydrogen-bond acceptors (Lipinski definition) is 6. The number of aliphatic carboxylic acids is 1. The lowest BCUT2D eigenvalue weighted by Crippen LogP contribution is -2.15. The molecule has 2 N–H and O–H groups in total. The Hall–Kier alpha value is -1.80. The molecular weight excluding hydrogens is 461 g/mol. The van der Waals surface area contributed by atoms with Gasteiger partial charge in [-0.3, -0.25) is 4.79 Å². The third-order valence-electron chi connectivity index (χ3n) is 3.72. The Balaban J connectivity index is 1.89. The lowest BCUT2D eigenvalue weighted by atomic mass is 10.2. The van der Waals surface area contributed by atoms with E-state index in [1.807, 2.05) is 0 Å². The summed E-state index contributed by atoms with van der Waals surface area (Å²) >= 11 is 12.2. The predicted octanol–water partition coefficient (Wildman–Crippen LogP) is 4.78. The van der Waals surface area contributed by atoms with E-state index in [0.29, 0.717) is 16.3 Å². The fourth-order valence-corrected chi connectivity index (χ4v) is 3.62. The summed E-state index contributed by atoms with van der Waals surface area (Å²) in [6, 6.07) is 8.87. The molecule has 11 heteroatoms. The van der Waals surface area contributed by atoms with Gasteiger partial charge in [0, 0.05) is 10.6 Å². The van der Waals surface area contributed by atoms with Gasteiger partial charge in [0.15, 0.2) is 0 Å². The molecule has 2 atom stereocenters. The highest BCUT2D eigenvalue weighted by Gasteiger charge is 2.25. The molecule has 0 heterocycles. The number of carbonyl (C=O) groups is 1. The topological polar surface area (TPSA) is 102 Å². The predicted molar refractivity (Wildman–Crippen MR) is 109 cm³/mol. The number of ether oxygens (including phenoxy) is 2. The Bertz CT molecular complexity index is 880. The van der Waals surface area contributed by atoms with Crippen LogP contribution in [0.1, 0.15) is 17.5 Å². The van der Waals surface area contributed by atoms with Crippen LogP contribution in [0.5, 0.6) is 5.75 Å². The molecule has 162 valence electrons. The highest BCUT2D eigenvalue weighted by molar-refractivity contribution is 7.39. The highest BCUT2D eigenvalue weighted by atomic mass is 35.5. The molecule has 0 aromatic heterocycles. The van der Waals surface area contributed by atoms with E-state index >= 15 is 0 Å². The molecule has 0 saturated heterocycles. The average Bonchev–Trinajstić information content (AvgIpc) is 2.65. The lowest BCUT2D eigenvalue weighted by molar-refractivity contribution is -0.138. The van der Waals surface area contributed by atoms with Crippen molar-refractivity contribution in [3.63, 3.8) is 0 Å². The minimum absolute atomic E-state index is 0.0460. The zero-order chi connectivity index (χ0) is 22.1. The van der Waals surface area contributed by atoms with Crippen LogP contribution in [0.15, 0.2) is 36.4 Å². The van der Waals surface area contributed by atoms with Crippen molar-refractivity contribution in [2.24, 2.45) is 0 Å². The Kier molecular flexibility index (Phi) is 9.91. The number of carboxylic acid groups (broad SMARTS) is 1. The first-order valence-electron chi connectivity index (χ1n) is 8.65. The van der Waals surface area contributed by atoms with Gasteiger partial charge in [0.25, 0.3) is 0 Å². The Morgan fingerprint density at radius 3 is 2.53 bits per heavy atom. The normalized spacial score (nSPS) is 12.5. The third kappa shape index (κ3) is 8.52. The van der Waals surface area contributed by atoms with Crippen molar-refractivity contribution >= 4 is 37.2 Å². The van der Waals surface area contributed by atoms with Crippen LogP contribution in [0.2, 0.25) is 10.0 Å². The van der Waals surface area contributed by atoms with Crippen LogP contribution < -0.4 is 4.74 Å². The summed E-state index contributed by atoms with van der Waals surface area (Å²) in [4.78, 5) is 10.5. The summed E-state index contributed by atoms with van der Waals surface area (Å²) in [5, 5.41) is 18.6. The van der Waals surface area contributed by atoms with Crippen molar-refractivity contribution in [3.05, 3.63) is 63.4 Å². The van der Waals surface area contributed by atoms with Gasteiger partial charge in [-0.1, -0.05) is 35.3 Å². The standard InChI is InChI=1S/C19H18Cl2FO7P/c20-13-5-17(21)16(9-27-11-29-30(26)10-15(23)7-19(24)25)18(6-13)28-8-12-1-3-14(22)4-2-12/h1-6,15,23H,7-11H2/p+1. The number of carboxylic acids is 1. The Labute approximate surface area is 183 Å². The molecule has 2 aromatic carbocycles. The van der Waals surface area contributed by atoms with Crippen LogP contribution in [0.3, 0.4) is 0 Å². The fraction of sp³-hybridized carbons (Fsp3) is 0.316. The summed E-state index contributed by atoms with van der Waals surface area (Å²) in [5.41, 5.74) is 1.22. The van der Waals surface area contributed by atoms with Gasteiger partial charge < -0.3 is 19.7 Å². The Morgan fingerprint density at radius 1 is 1.17 bits per heavy atom. The van der Waals surface area contributed by atoms with Gasteiger partial charge in [-0.15, -0.1) is 4.52 Å². The van der Waals surface area contributed by atoms with E-state index in [-0.39, 0.29) is 37.0 Å². The molecule has 0 amide bonds. The number of aliphatic hydroxyl groups is 1. The van der Waals surface area contributed by atoms with Crippen molar-refractivity contribution in [2.45, 2.75) is 25.7 Å². The van der Waals surface area contributed by atoms with E-state index in [9.17, 15) is 18.9 Å². The molecule has 0 bridgehead atoms. The highest BCUT2D eigenvalue weighted by Crippen LogP contribution is 2.32. The van der Waals surface area contributed by atoms with Gasteiger partial charge in [-0.05, 0) is 34.4 Å². The van der Waals surface area contributed by atoms with Crippen LogP contribution in [-0.4, -0.2) is 35.2 Å². The minimum atomic E-state index is -2.30. The van der Waals surface area contributed by atoms with Crippen molar-refractivity contribution in [2.75, 3.05) is 13.0 Å². The molecule has 2 rings (SSSR count). The van der Waals surface area contributed by atoms with E-state index in [2.05, 4.69) is 0 Å². The SMILES string of the molecule is O=C(O)CC(O)C[P+](=O)OCOCc1c(Cl)cc(Cl)cc1OCc1ccc(F)cc1. The number of hydrogen-bond donors (Lipinski definition) is 2. The molecule has 2 aromatic rings.